The minimum atomic E-state index is -0.00176. The van der Waals surface area contributed by atoms with Gasteiger partial charge in [0.1, 0.15) is 12.4 Å². The second-order valence-corrected chi connectivity index (χ2v) is 5.12. The Labute approximate surface area is 115 Å². The molecule has 2 rings (SSSR count). The zero-order valence-corrected chi connectivity index (χ0v) is 11.6. The lowest BCUT2D eigenvalue weighted by Crippen LogP contribution is -2.18. The predicted octanol–water partition coefficient (Wildman–Crippen LogP) is 4.58. The molecular weight excluding hydrogens is 232 g/mol. The maximum atomic E-state index is 5.51. The molecule has 1 nitrogen and oxygen atoms in total. The van der Waals surface area contributed by atoms with Crippen molar-refractivity contribution in [1.82, 2.24) is 0 Å². The van der Waals surface area contributed by atoms with Gasteiger partial charge in [0.05, 0.1) is 0 Å². The van der Waals surface area contributed by atoms with Crippen molar-refractivity contribution in [2.75, 3.05) is 6.61 Å². The molecule has 0 fully saturated rings. The Morgan fingerprint density at radius 3 is 2.11 bits per heavy atom. The summed E-state index contributed by atoms with van der Waals surface area (Å²) in [5.74, 6) is 0.882. The third kappa shape index (κ3) is 3.05. The van der Waals surface area contributed by atoms with Crippen molar-refractivity contribution in [3.05, 3.63) is 78.4 Å². The summed E-state index contributed by atoms with van der Waals surface area (Å²) < 4.78 is 5.51. The first-order valence-electron chi connectivity index (χ1n) is 6.54. The number of ether oxygens (including phenoxy) is 1. The van der Waals surface area contributed by atoms with Gasteiger partial charge in [-0.05, 0) is 23.3 Å². The highest BCUT2D eigenvalue weighted by atomic mass is 16.5. The molecule has 0 aromatic heterocycles. The Bertz CT molecular complexity index is 523. The smallest absolute Gasteiger partial charge is 0.119 e. The second kappa shape index (κ2) is 5.75. The first-order valence-corrected chi connectivity index (χ1v) is 6.54. The van der Waals surface area contributed by atoms with Crippen LogP contribution in [0.15, 0.2) is 67.3 Å². The van der Waals surface area contributed by atoms with Crippen LogP contribution >= 0.6 is 0 Å². The molecule has 0 bridgehead atoms. The van der Waals surface area contributed by atoms with E-state index in [9.17, 15) is 0 Å². The van der Waals surface area contributed by atoms with Crippen LogP contribution in [0.4, 0.5) is 0 Å². The van der Waals surface area contributed by atoms with Crippen LogP contribution < -0.4 is 4.74 Å². The molecule has 0 radical (unpaired) electrons. The molecule has 0 aliphatic carbocycles. The standard InChI is InChI=1S/C18H20O/c1-4-14-19-17-12-10-16(11-13-17)18(2,3)15-8-6-5-7-9-15/h4-13H,1,14H2,2-3H3. The molecule has 0 atom stereocenters. The highest BCUT2D eigenvalue weighted by molar-refractivity contribution is 5.39. The molecule has 2 aromatic carbocycles. The Balaban J connectivity index is 2.23. The zero-order valence-electron chi connectivity index (χ0n) is 11.6. The molecule has 19 heavy (non-hydrogen) atoms. The lowest BCUT2D eigenvalue weighted by molar-refractivity contribution is 0.363. The van der Waals surface area contributed by atoms with Gasteiger partial charge in [-0.15, -0.1) is 0 Å². The summed E-state index contributed by atoms with van der Waals surface area (Å²) in [5, 5.41) is 0. The third-order valence-corrected chi connectivity index (χ3v) is 3.44. The molecule has 0 aliphatic heterocycles. The number of hydrogen-bond donors (Lipinski definition) is 0. The van der Waals surface area contributed by atoms with Gasteiger partial charge in [0, 0.05) is 5.41 Å². The third-order valence-electron chi connectivity index (χ3n) is 3.44. The van der Waals surface area contributed by atoms with Crippen molar-refractivity contribution in [3.63, 3.8) is 0 Å². The van der Waals surface area contributed by atoms with E-state index in [2.05, 4.69) is 56.8 Å². The molecule has 0 N–H and O–H groups in total. The minimum Gasteiger partial charge on any atom is -0.490 e. The lowest BCUT2D eigenvalue weighted by Gasteiger charge is -2.26. The molecule has 98 valence electrons. The van der Waals surface area contributed by atoms with Crippen molar-refractivity contribution in [1.29, 1.82) is 0 Å². The summed E-state index contributed by atoms with van der Waals surface area (Å²) in [4.78, 5) is 0. The number of hydrogen-bond acceptors (Lipinski definition) is 1. The van der Waals surface area contributed by atoms with Crippen LogP contribution in [-0.2, 0) is 5.41 Å². The highest BCUT2D eigenvalue weighted by Crippen LogP contribution is 2.32. The maximum absolute atomic E-state index is 5.51. The van der Waals surface area contributed by atoms with E-state index in [0.29, 0.717) is 6.61 Å². The fraction of sp³-hybridized carbons (Fsp3) is 0.222. The maximum Gasteiger partial charge on any atom is 0.119 e. The van der Waals surface area contributed by atoms with Gasteiger partial charge in [-0.25, -0.2) is 0 Å². The van der Waals surface area contributed by atoms with Gasteiger partial charge in [0.2, 0.25) is 0 Å². The van der Waals surface area contributed by atoms with Crippen molar-refractivity contribution in [2.24, 2.45) is 0 Å². The van der Waals surface area contributed by atoms with Crippen molar-refractivity contribution < 1.29 is 4.74 Å². The van der Waals surface area contributed by atoms with Crippen LogP contribution in [0.5, 0.6) is 5.75 Å². The van der Waals surface area contributed by atoms with Gasteiger partial charge in [0.15, 0.2) is 0 Å². The quantitative estimate of drug-likeness (QED) is 0.708. The zero-order chi connectivity index (χ0) is 13.7. The van der Waals surface area contributed by atoms with Gasteiger partial charge in [-0.2, -0.15) is 0 Å². The van der Waals surface area contributed by atoms with Gasteiger partial charge in [-0.1, -0.05) is 69.0 Å². The molecule has 0 saturated carbocycles. The minimum absolute atomic E-state index is 0.00176. The Kier molecular flexibility index (Phi) is 4.06. The normalized spacial score (nSPS) is 11.1. The first-order chi connectivity index (χ1) is 9.14. The highest BCUT2D eigenvalue weighted by Gasteiger charge is 2.22. The topological polar surface area (TPSA) is 9.23 Å². The van der Waals surface area contributed by atoms with Crippen LogP contribution in [0.1, 0.15) is 25.0 Å². The van der Waals surface area contributed by atoms with Crippen LogP contribution in [0.3, 0.4) is 0 Å². The Hall–Kier alpha value is -2.02. The van der Waals surface area contributed by atoms with Crippen LogP contribution in [0, 0.1) is 0 Å². The molecule has 0 saturated heterocycles. The summed E-state index contributed by atoms with van der Waals surface area (Å²) in [5.41, 5.74) is 2.59. The van der Waals surface area contributed by atoms with Crippen LogP contribution in [-0.4, -0.2) is 6.61 Å². The summed E-state index contributed by atoms with van der Waals surface area (Å²) >= 11 is 0. The van der Waals surface area contributed by atoms with Gasteiger partial charge >= 0.3 is 0 Å². The SMILES string of the molecule is C=CCOc1ccc(C(C)(C)c2ccccc2)cc1. The molecular formula is C18H20O. The lowest BCUT2D eigenvalue weighted by atomic mass is 9.78. The van der Waals surface area contributed by atoms with Crippen molar-refractivity contribution in [3.8, 4) is 5.75 Å². The largest absolute Gasteiger partial charge is 0.490 e. The molecule has 1 heteroatoms. The van der Waals surface area contributed by atoms with E-state index in [1.807, 2.05) is 18.2 Å². The van der Waals surface area contributed by atoms with E-state index in [-0.39, 0.29) is 5.41 Å². The van der Waals surface area contributed by atoms with Crippen molar-refractivity contribution in [2.45, 2.75) is 19.3 Å². The van der Waals surface area contributed by atoms with E-state index in [1.54, 1.807) is 6.08 Å². The van der Waals surface area contributed by atoms with Crippen LogP contribution in [0.25, 0.3) is 0 Å². The van der Waals surface area contributed by atoms with E-state index in [0.717, 1.165) is 5.75 Å². The van der Waals surface area contributed by atoms with E-state index >= 15 is 0 Å². The average Bonchev–Trinajstić information content (AvgIpc) is 2.46. The summed E-state index contributed by atoms with van der Waals surface area (Å²) in [7, 11) is 0. The van der Waals surface area contributed by atoms with Gasteiger partial charge in [-0.3, -0.25) is 0 Å². The summed E-state index contributed by atoms with van der Waals surface area (Å²) in [6.07, 6.45) is 1.75. The van der Waals surface area contributed by atoms with Gasteiger partial charge < -0.3 is 4.74 Å². The average molecular weight is 252 g/mol. The number of benzene rings is 2. The Morgan fingerprint density at radius 2 is 1.53 bits per heavy atom. The summed E-state index contributed by atoms with van der Waals surface area (Å²) in [6.45, 7) is 8.67. The molecule has 0 spiro atoms. The predicted molar refractivity (Wildman–Crippen MR) is 80.7 cm³/mol. The number of rotatable bonds is 5. The molecule has 0 amide bonds. The van der Waals surface area contributed by atoms with Gasteiger partial charge in [0.25, 0.3) is 0 Å². The molecule has 0 heterocycles. The summed E-state index contributed by atoms with van der Waals surface area (Å²) in [6, 6.07) is 18.8. The Morgan fingerprint density at radius 1 is 0.947 bits per heavy atom. The second-order valence-electron chi connectivity index (χ2n) is 5.12. The molecule has 0 aliphatic rings. The van der Waals surface area contributed by atoms with E-state index in [1.165, 1.54) is 11.1 Å². The van der Waals surface area contributed by atoms with E-state index in [4.69, 9.17) is 4.74 Å². The van der Waals surface area contributed by atoms with E-state index < -0.39 is 0 Å². The monoisotopic (exact) mass is 252 g/mol. The fourth-order valence-electron chi connectivity index (χ4n) is 2.14. The molecule has 2 aromatic rings. The first kappa shape index (κ1) is 13.4. The van der Waals surface area contributed by atoms with Crippen molar-refractivity contribution >= 4 is 0 Å². The van der Waals surface area contributed by atoms with Crippen LogP contribution in [0.2, 0.25) is 0 Å². The fourth-order valence-corrected chi connectivity index (χ4v) is 2.14. The molecule has 0 unspecified atom stereocenters.